The molecule has 0 aromatic heterocycles. The summed E-state index contributed by atoms with van der Waals surface area (Å²) in [5.74, 6) is -0.509. The minimum Gasteiger partial charge on any atom is -0.488 e. The van der Waals surface area contributed by atoms with E-state index in [1.807, 2.05) is 0 Å². The molecule has 1 fully saturated rings. The van der Waals surface area contributed by atoms with Crippen molar-refractivity contribution in [2.75, 3.05) is 0 Å². The number of nitrogens with two attached hydrogens (primary N) is 2. The number of non-ortho nitro benzene ring substituents is 1. The number of ether oxygens (including phenoxy) is 1. The van der Waals surface area contributed by atoms with Crippen molar-refractivity contribution in [2.45, 2.75) is 31.4 Å². The predicted octanol–water partition coefficient (Wildman–Crippen LogP) is 0.952. The molecule has 1 aromatic carbocycles. The van der Waals surface area contributed by atoms with Gasteiger partial charge in [-0.25, -0.2) is 0 Å². The lowest BCUT2D eigenvalue weighted by molar-refractivity contribution is -0.384. The number of carbonyl (C=O) groups is 1. The second-order valence-corrected chi connectivity index (χ2v) is 4.55. The summed E-state index contributed by atoms with van der Waals surface area (Å²) in [5, 5.41) is 10.7. The van der Waals surface area contributed by atoms with Gasteiger partial charge in [-0.15, -0.1) is 0 Å². The van der Waals surface area contributed by atoms with E-state index in [0.717, 1.165) is 25.3 Å². The highest BCUT2D eigenvalue weighted by Crippen LogP contribution is 2.28. The van der Waals surface area contributed by atoms with Gasteiger partial charge >= 0.3 is 0 Å². The molecule has 0 bridgehead atoms. The van der Waals surface area contributed by atoms with Crippen LogP contribution in [0, 0.1) is 10.1 Å². The van der Waals surface area contributed by atoms with Crippen molar-refractivity contribution in [3.8, 4) is 5.75 Å². The van der Waals surface area contributed by atoms with Crippen molar-refractivity contribution < 1.29 is 14.5 Å². The van der Waals surface area contributed by atoms with E-state index >= 15 is 0 Å². The first-order chi connectivity index (χ1) is 8.99. The Hall–Kier alpha value is -2.15. The van der Waals surface area contributed by atoms with Gasteiger partial charge in [-0.05, 0) is 25.3 Å². The summed E-state index contributed by atoms with van der Waals surface area (Å²) in [6.45, 7) is 0. The average molecular weight is 265 g/mol. The monoisotopic (exact) mass is 265 g/mol. The van der Waals surface area contributed by atoms with Gasteiger partial charge in [0.1, 0.15) is 11.9 Å². The number of primary amides is 1. The molecule has 0 radical (unpaired) electrons. The molecule has 19 heavy (non-hydrogen) atoms. The van der Waals surface area contributed by atoms with Gasteiger partial charge in [0.15, 0.2) is 0 Å². The van der Waals surface area contributed by atoms with E-state index in [-0.39, 0.29) is 29.1 Å². The summed E-state index contributed by atoms with van der Waals surface area (Å²) < 4.78 is 5.67. The van der Waals surface area contributed by atoms with Crippen LogP contribution in [0.25, 0.3) is 0 Å². The smallest absolute Gasteiger partial charge is 0.270 e. The molecule has 0 aliphatic heterocycles. The fourth-order valence-corrected chi connectivity index (χ4v) is 2.19. The van der Waals surface area contributed by atoms with Crippen LogP contribution in [-0.4, -0.2) is 23.0 Å². The SMILES string of the molecule is NC(=O)c1cc([N+](=O)[O-])ccc1OC1CCCC1N. The van der Waals surface area contributed by atoms with E-state index in [0.29, 0.717) is 0 Å². The Morgan fingerprint density at radius 3 is 2.68 bits per heavy atom. The lowest BCUT2D eigenvalue weighted by atomic mass is 10.1. The minimum absolute atomic E-state index is 0.00769. The van der Waals surface area contributed by atoms with Gasteiger partial charge in [-0.3, -0.25) is 14.9 Å². The van der Waals surface area contributed by atoms with Gasteiger partial charge in [-0.2, -0.15) is 0 Å². The maximum absolute atomic E-state index is 11.3. The van der Waals surface area contributed by atoms with Gasteiger partial charge in [0, 0.05) is 18.2 Å². The summed E-state index contributed by atoms with van der Waals surface area (Å²) in [5.41, 5.74) is 10.9. The number of nitro groups is 1. The third-order valence-corrected chi connectivity index (χ3v) is 3.22. The molecule has 1 aromatic rings. The molecule has 2 atom stereocenters. The fraction of sp³-hybridized carbons (Fsp3) is 0.417. The van der Waals surface area contributed by atoms with E-state index in [9.17, 15) is 14.9 Å². The van der Waals surface area contributed by atoms with Gasteiger partial charge < -0.3 is 16.2 Å². The van der Waals surface area contributed by atoms with E-state index < -0.39 is 10.8 Å². The zero-order valence-electron chi connectivity index (χ0n) is 10.2. The van der Waals surface area contributed by atoms with Crippen LogP contribution < -0.4 is 16.2 Å². The van der Waals surface area contributed by atoms with Crippen LogP contribution in [0.4, 0.5) is 5.69 Å². The number of hydrogen-bond acceptors (Lipinski definition) is 5. The number of hydrogen-bond donors (Lipinski definition) is 2. The lowest BCUT2D eigenvalue weighted by Crippen LogP contribution is -2.34. The summed E-state index contributed by atoms with van der Waals surface area (Å²) in [6, 6.07) is 3.71. The molecule has 0 saturated heterocycles. The van der Waals surface area contributed by atoms with E-state index in [1.54, 1.807) is 0 Å². The number of nitro benzene ring substituents is 1. The Morgan fingerprint density at radius 1 is 1.42 bits per heavy atom. The molecule has 0 spiro atoms. The Kier molecular flexibility index (Phi) is 3.66. The number of nitrogens with zero attached hydrogens (tertiary/aromatic N) is 1. The van der Waals surface area contributed by atoms with Crippen LogP contribution in [0.3, 0.4) is 0 Å². The first-order valence-electron chi connectivity index (χ1n) is 5.99. The molecule has 1 saturated carbocycles. The molecule has 7 nitrogen and oxygen atoms in total. The van der Waals surface area contributed by atoms with Crippen molar-refractivity contribution in [3.63, 3.8) is 0 Å². The highest BCUT2D eigenvalue weighted by atomic mass is 16.6. The topological polar surface area (TPSA) is 121 Å². The first-order valence-corrected chi connectivity index (χ1v) is 5.99. The largest absolute Gasteiger partial charge is 0.488 e. The molecule has 2 rings (SSSR count). The molecular weight excluding hydrogens is 250 g/mol. The molecule has 102 valence electrons. The van der Waals surface area contributed by atoms with Crippen molar-refractivity contribution in [1.29, 1.82) is 0 Å². The van der Waals surface area contributed by atoms with Gasteiger partial charge in [0.05, 0.1) is 10.5 Å². The third kappa shape index (κ3) is 2.82. The minimum atomic E-state index is -0.759. The summed E-state index contributed by atoms with van der Waals surface area (Å²) >= 11 is 0. The Labute approximate surface area is 109 Å². The maximum Gasteiger partial charge on any atom is 0.270 e. The van der Waals surface area contributed by atoms with Crippen molar-refractivity contribution >= 4 is 11.6 Å². The normalized spacial score (nSPS) is 22.2. The van der Waals surface area contributed by atoms with Crippen molar-refractivity contribution in [1.82, 2.24) is 0 Å². The van der Waals surface area contributed by atoms with Crippen molar-refractivity contribution in [3.05, 3.63) is 33.9 Å². The second kappa shape index (κ2) is 5.23. The lowest BCUT2D eigenvalue weighted by Gasteiger charge is -2.19. The molecule has 1 amide bonds. The van der Waals surface area contributed by atoms with Gasteiger partial charge in [0.25, 0.3) is 11.6 Å². The quantitative estimate of drug-likeness (QED) is 0.620. The predicted molar refractivity (Wildman–Crippen MR) is 67.9 cm³/mol. The molecule has 0 heterocycles. The van der Waals surface area contributed by atoms with Crippen LogP contribution in [0.15, 0.2) is 18.2 Å². The molecule has 2 unspecified atom stereocenters. The number of rotatable bonds is 4. The number of amides is 1. The Balaban J connectivity index is 2.29. The van der Waals surface area contributed by atoms with Gasteiger partial charge in [-0.1, -0.05) is 0 Å². The highest BCUT2D eigenvalue weighted by Gasteiger charge is 2.27. The van der Waals surface area contributed by atoms with Crippen LogP contribution in [0.2, 0.25) is 0 Å². The van der Waals surface area contributed by atoms with Crippen LogP contribution in [-0.2, 0) is 0 Å². The summed E-state index contributed by atoms with van der Waals surface area (Å²) in [4.78, 5) is 21.4. The first kappa shape index (κ1) is 13.3. The van der Waals surface area contributed by atoms with Crippen molar-refractivity contribution in [2.24, 2.45) is 11.5 Å². The Bertz CT molecular complexity index is 518. The zero-order chi connectivity index (χ0) is 14.0. The molecule has 4 N–H and O–H groups in total. The molecule has 1 aliphatic rings. The van der Waals surface area contributed by atoms with Crippen LogP contribution >= 0.6 is 0 Å². The maximum atomic E-state index is 11.3. The van der Waals surface area contributed by atoms with E-state index in [1.165, 1.54) is 12.1 Å². The van der Waals surface area contributed by atoms with Crippen LogP contribution in [0.5, 0.6) is 5.75 Å². The number of benzene rings is 1. The molecule has 1 aliphatic carbocycles. The van der Waals surface area contributed by atoms with E-state index in [4.69, 9.17) is 16.2 Å². The summed E-state index contributed by atoms with van der Waals surface area (Å²) in [6.07, 6.45) is 2.45. The standard InChI is InChI=1S/C12H15N3O4/c13-9-2-1-3-11(9)19-10-5-4-7(15(17)18)6-8(10)12(14)16/h4-6,9,11H,1-3,13H2,(H2,14,16). The zero-order valence-corrected chi connectivity index (χ0v) is 10.2. The van der Waals surface area contributed by atoms with Gasteiger partial charge in [0.2, 0.25) is 0 Å². The third-order valence-electron chi connectivity index (χ3n) is 3.22. The fourth-order valence-electron chi connectivity index (χ4n) is 2.19. The Morgan fingerprint density at radius 2 is 2.16 bits per heavy atom. The average Bonchev–Trinajstić information content (AvgIpc) is 2.75. The van der Waals surface area contributed by atoms with E-state index in [2.05, 4.69) is 0 Å². The highest BCUT2D eigenvalue weighted by molar-refractivity contribution is 5.96. The summed E-state index contributed by atoms with van der Waals surface area (Å²) in [7, 11) is 0. The van der Waals surface area contributed by atoms with Crippen LogP contribution in [0.1, 0.15) is 29.6 Å². The number of carbonyl (C=O) groups excluding carboxylic acids is 1. The molecule has 7 heteroatoms. The molecular formula is C12H15N3O4. The second-order valence-electron chi connectivity index (χ2n) is 4.55.